The number of hydrogen-bond acceptors (Lipinski definition) is 1. The van der Waals surface area contributed by atoms with Gasteiger partial charge in [-0.3, -0.25) is 0 Å². The summed E-state index contributed by atoms with van der Waals surface area (Å²) in [5.74, 6) is 1.67. The molecule has 1 saturated carbocycles. The van der Waals surface area contributed by atoms with Crippen molar-refractivity contribution in [2.24, 2.45) is 11.8 Å². The van der Waals surface area contributed by atoms with E-state index in [0.717, 1.165) is 18.3 Å². The summed E-state index contributed by atoms with van der Waals surface area (Å²) >= 11 is 0. The van der Waals surface area contributed by atoms with Crippen LogP contribution < -0.4 is 5.32 Å². The molecular weight excluding hydrogens is 218 g/mol. The van der Waals surface area contributed by atoms with E-state index in [-0.39, 0.29) is 0 Å². The third-order valence-corrected chi connectivity index (χ3v) is 4.53. The number of benzene rings is 1. The number of anilines is 1. The lowest BCUT2D eigenvalue weighted by atomic mass is 9.80. The zero-order chi connectivity index (χ0) is 13.1. The van der Waals surface area contributed by atoms with E-state index in [4.69, 9.17) is 0 Å². The van der Waals surface area contributed by atoms with Crippen LogP contribution in [0.2, 0.25) is 0 Å². The highest BCUT2D eigenvalue weighted by Crippen LogP contribution is 2.32. The molecule has 0 radical (unpaired) electrons. The van der Waals surface area contributed by atoms with Crippen molar-refractivity contribution in [2.45, 2.75) is 59.4 Å². The molecule has 1 aromatic rings. The number of rotatable bonds is 3. The third kappa shape index (κ3) is 2.88. The first kappa shape index (κ1) is 13.5. The average molecular weight is 245 g/mol. The molecule has 1 heteroatoms. The summed E-state index contributed by atoms with van der Waals surface area (Å²) in [4.78, 5) is 0. The van der Waals surface area contributed by atoms with Crippen molar-refractivity contribution >= 4 is 5.69 Å². The minimum absolute atomic E-state index is 0.653. The Labute approximate surface area is 112 Å². The van der Waals surface area contributed by atoms with Crippen molar-refractivity contribution in [1.29, 1.82) is 0 Å². The molecule has 1 aliphatic carbocycles. The Kier molecular flexibility index (Phi) is 4.31. The van der Waals surface area contributed by atoms with Gasteiger partial charge in [0.25, 0.3) is 0 Å². The van der Waals surface area contributed by atoms with Crippen LogP contribution in [0.3, 0.4) is 0 Å². The van der Waals surface area contributed by atoms with Gasteiger partial charge in [-0.25, -0.2) is 0 Å². The van der Waals surface area contributed by atoms with Crippen molar-refractivity contribution in [2.75, 3.05) is 5.32 Å². The topological polar surface area (TPSA) is 12.0 Å². The van der Waals surface area contributed by atoms with E-state index in [2.05, 4.69) is 51.2 Å². The Bertz CT molecular complexity index is 397. The molecule has 0 bridgehead atoms. The first-order chi connectivity index (χ1) is 8.61. The summed E-state index contributed by atoms with van der Waals surface area (Å²) in [6.45, 7) is 9.25. The molecular formula is C17H27N. The van der Waals surface area contributed by atoms with Gasteiger partial charge >= 0.3 is 0 Å². The largest absolute Gasteiger partial charge is 0.382 e. The van der Waals surface area contributed by atoms with Crippen LogP contribution in [0.25, 0.3) is 0 Å². The van der Waals surface area contributed by atoms with Crippen molar-refractivity contribution in [3.05, 3.63) is 29.3 Å². The molecule has 1 aromatic carbocycles. The second kappa shape index (κ2) is 5.77. The van der Waals surface area contributed by atoms with Crippen LogP contribution >= 0.6 is 0 Å². The Hall–Kier alpha value is -0.980. The molecule has 0 spiro atoms. The molecule has 100 valence electrons. The van der Waals surface area contributed by atoms with Gasteiger partial charge in [-0.15, -0.1) is 0 Å². The summed E-state index contributed by atoms with van der Waals surface area (Å²) < 4.78 is 0. The van der Waals surface area contributed by atoms with Gasteiger partial charge in [0.2, 0.25) is 0 Å². The standard InChI is InChI=1S/C17H27N/c1-5-15-8-6-7-14(4)17(15)18-16-11-12(2)9-10-13(16)3/h6-8,12-13,16,18H,5,9-11H2,1-4H3. The molecule has 0 aliphatic heterocycles. The summed E-state index contributed by atoms with van der Waals surface area (Å²) in [5, 5.41) is 3.85. The van der Waals surface area contributed by atoms with E-state index in [9.17, 15) is 0 Å². The number of nitrogens with one attached hydrogen (secondary N) is 1. The molecule has 0 saturated heterocycles. The van der Waals surface area contributed by atoms with E-state index < -0.39 is 0 Å². The van der Waals surface area contributed by atoms with Crippen molar-refractivity contribution < 1.29 is 0 Å². The van der Waals surface area contributed by atoms with E-state index in [0.29, 0.717) is 6.04 Å². The van der Waals surface area contributed by atoms with Crippen LogP contribution in [0.15, 0.2) is 18.2 Å². The fourth-order valence-corrected chi connectivity index (χ4v) is 3.15. The highest BCUT2D eigenvalue weighted by atomic mass is 14.9. The first-order valence-electron chi connectivity index (χ1n) is 7.46. The smallest absolute Gasteiger partial charge is 0.0404 e. The second-order valence-electron chi connectivity index (χ2n) is 6.11. The summed E-state index contributed by atoms with van der Waals surface area (Å²) in [5.41, 5.74) is 4.24. The van der Waals surface area contributed by atoms with Crippen LogP contribution in [-0.4, -0.2) is 6.04 Å². The number of hydrogen-bond donors (Lipinski definition) is 1. The molecule has 3 atom stereocenters. The summed E-state index contributed by atoms with van der Waals surface area (Å²) in [6.07, 6.45) is 5.19. The maximum Gasteiger partial charge on any atom is 0.0404 e. The fraction of sp³-hybridized carbons (Fsp3) is 0.647. The third-order valence-electron chi connectivity index (χ3n) is 4.53. The lowest BCUT2D eigenvalue weighted by Crippen LogP contribution is -2.34. The van der Waals surface area contributed by atoms with Crippen LogP contribution in [0, 0.1) is 18.8 Å². The molecule has 1 nitrogen and oxygen atoms in total. The van der Waals surface area contributed by atoms with Crippen molar-refractivity contribution in [3.8, 4) is 0 Å². The van der Waals surface area contributed by atoms with Gasteiger partial charge in [0.1, 0.15) is 0 Å². The lowest BCUT2D eigenvalue weighted by molar-refractivity contribution is 0.280. The van der Waals surface area contributed by atoms with Crippen molar-refractivity contribution in [1.82, 2.24) is 0 Å². The highest BCUT2D eigenvalue weighted by molar-refractivity contribution is 5.58. The summed E-state index contributed by atoms with van der Waals surface area (Å²) in [7, 11) is 0. The molecule has 2 rings (SSSR count). The molecule has 18 heavy (non-hydrogen) atoms. The zero-order valence-electron chi connectivity index (χ0n) is 12.3. The van der Waals surface area contributed by atoms with Gasteiger partial charge in [-0.05, 0) is 49.1 Å². The van der Waals surface area contributed by atoms with Crippen molar-refractivity contribution in [3.63, 3.8) is 0 Å². The van der Waals surface area contributed by atoms with E-state index >= 15 is 0 Å². The lowest BCUT2D eigenvalue weighted by Gasteiger charge is -2.35. The Morgan fingerprint density at radius 1 is 1.22 bits per heavy atom. The molecule has 0 amide bonds. The number of aryl methyl sites for hydroxylation is 2. The highest BCUT2D eigenvalue weighted by Gasteiger charge is 2.25. The predicted octanol–water partition coefficient (Wildman–Crippen LogP) is 4.79. The quantitative estimate of drug-likeness (QED) is 0.807. The minimum atomic E-state index is 0.653. The van der Waals surface area contributed by atoms with Gasteiger partial charge in [-0.1, -0.05) is 45.4 Å². The van der Waals surface area contributed by atoms with E-state index in [1.807, 2.05) is 0 Å². The zero-order valence-corrected chi connectivity index (χ0v) is 12.3. The monoisotopic (exact) mass is 245 g/mol. The molecule has 0 aromatic heterocycles. The predicted molar refractivity (Wildman–Crippen MR) is 80.1 cm³/mol. The van der Waals surface area contributed by atoms with Crippen LogP contribution in [0.4, 0.5) is 5.69 Å². The van der Waals surface area contributed by atoms with Gasteiger partial charge < -0.3 is 5.32 Å². The van der Waals surface area contributed by atoms with E-state index in [1.165, 1.54) is 36.1 Å². The first-order valence-corrected chi connectivity index (χ1v) is 7.46. The van der Waals surface area contributed by atoms with Crippen LogP contribution in [0.5, 0.6) is 0 Å². The molecule has 1 fully saturated rings. The number of para-hydroxylation sites is 1. The molecule has 0 heterocycles. The van der Waals surface area contributed by atoms with Gasteiger partial charge in [-0.2, -0.15) is 0 Å². The second-order valence-corrected chi connectivity index (χ2v) is 6.11. The maximum atomic E-state index is 3.85. The van der Waals surface area contributed by atoms with Gasteiger partial charge in [0.05, 0.1) is 0 Å². The average Bonchev–Trinajstić information content (AvgIpc) is 2.36. The molecule has 1 N–H and O–H groups in total. The Morgan fingerprint density at radius 2 is 2.00 bits per heavy atom. The van der Waals surface area contributed by atoms with Gasteiger partial charge in [0.15, 0.2) is 0 Å². The Morgan fingerprint density at radius 3 is 2.72 bits per heavy atom. The normalized spacial score (nSPS) is 28.1. The Balaban J connectivity index is 2.17. The van der Waals surface area contributed by atoms with Gasteiger partial charge in [0, 0.05) is 11.7 Å². The van der Waals surface area contributed by atoms with Crippen LogP contribution in [-0.2, 0) is 6.42 Å². The fourth-order valence-electron chi connectivity index (χ4n) is 3.15. The summed E-state index contributed by atoms with van der Waals surface area (Å²) in [6, 6.07) is 7.30. The molecule has 3 unspecified atom stereocenters. The SMILES string of the molecule is CCc1cccc(C)c1NC1CC(C)CCC1C. The molecule has 1 aliphatic rings. The maximum absolute atomic E-state index is 3.85. The van der Waals surface area contributed by atoms with E-state index in [1.54, 1.807) is 0 Å². The van der Waals surface area contributed by atoms with Crippen LogP contribution in [0.1, 0.15) is 51.2 Å². The minimum Gasteiger partial charge on any atom is -0.382 e.